The minimum Gasteiger partial charge on any atom is -0.374 e. The fourth-order valence-corrected chi connectivity index (χ4v) is 3.92. The first kappa shape index (κ1) is 18.8. The van der Waals surface area contributed by atoms with Gasteiger partial charge in [-0.2, -0.15) is 0 Å². The summed E-state index contributed by atoms with van der Waals surface area (Å²) in [4.78, 5) is 8.51. The molecule has 0 amide bonds. The van der Waals surface area contributed by atoms with Gasteiger partial charge in [-0.25, -0.2) is 4.79 Å². The Hall–Kier alpha value is -0.593. The third-order valence-electron chi connectivity index (χ3n) is 1.68. The first-order chi connectivity index (χ1) is 8.16. The van der Waals surface area contributed by atoms with Gasteiger partial charge < -0.3 is 13.3 Å². The molecule has 0 aromatic carbocycles. The van der Waals surface area contributed by atoms with E-state index >= 15 is 0 Å². The van der Waals surface area contributed by atoms with Gasteiger partial charge in [0.1, 0.15) is 0 Å². The molecule has 17 heavy (non-hydrogen) atoms. The quantitative estimate of drug-likeness (QED) is 0.385. The minimum absolute atomic E-state index is 0.639. The van der Waals surface area contributed by atoms with Crippen LogP contribution in [0.3, 0.4) is 0 Å². The topological polar surface area (TPSA) is 57.1 Å². The van der Waals surface area contributed by atoms with Crippen LogP contribution in [0, 0.1) is 0 Å². The molecule has 0 heterocycles. The van der Waals surface area contributed by atoms with Crippen molar-refractivity contribution in [3.05, 3.63) is 0 Å². The van der Waals surface area contributed by atoms with Crippen molar-refractivity contribution in [1.82, 2.24) is 0 Å². The van der Waals surface area contributed by atoms with E-state index in [0.29, 0.717) is 25.9 Å². The van der Waals surface area contributed by atoms with Gasteiger partial charge in [0.05, 0.1) is 0 Å². The molecule has 0 aromatic heterocycles. The van der Waals surface area contributed by atoms with E-state index in [1.165, 1.54) is 5.21 Å². The molecule has 0 N–H and O–H groups in total. The van der Waals surface area contributed by atoms with E-state index in [-0.39, 0.29) is 0 Å². The lowest BCUT2D eigenvalue weighted by molar-refractivity contribution is 0.0712. The maximum absolute atomic E-state index is 9.92. The van der Waals surface area contributed by atoms with Crippen LogP contribution in [0.25, 0.3) is 0 Å². The summed E-state index contributed by atoms with van der Waals surface area (Å²) in [5.41, 5.74) is 0. The van der Waals surface area contributed by atoms with Crippen molar-refractivity contribution in [1.29, 1.82) is 0 Å². The smallest absolute Gasteiger partial charge is 0.374 e. The fourth-order valence-electron chi connectivity index (χ4n) is 1.31. The van der Waals surface area contributed by atoms with Crippen LogP contribution < -0.4 is 0 Å². The van der Waals surface area contributed by atoms with Gasteiger partial charge in [-0.3, -0.25) is 0 Å². The standard InChI is InChI=1S/C9H22O3Si.CFNO/c1-5-9-13(10-6-2,11-7-3)12-8-4;2-3-1-4/h5-9H2,1-4H3;. The lowest BCUT2D eigenvalue weighted by Crippen LogP contribution is -2.45. The summed E-state index contributed by atoms with van der Waals surface area (Å²) in [6, 6.07) is 0.919. The van der Waals surface area contributed by atoms with E-state index in [1.54, 1.807) is 0 Å². The largest absolute Gasteiger partial charge is 0.500 e. The summed E-state index contributed by atoms with van der Waals surface area (Å²) in [7, 11) is -2.30. The summed E-state index contributed by atoms with van der Waals surface area (Å²) in [6.45, 7) is 10.1. The molecule has 102 valence electrons. The van der Waals surface area contributed by atoms with Gasteiger partial charge in [0, 0.05) is 31.1 Å². The van der Waals surface area contributed by atoms with Crippen LogP contribution in [0.5, 0.6) is 0 Å². The Balaban J connectivity index is 0. The second-order valence-electron chi connectivity index (χ2n) is 2.91. The average molecular weight is 267 g/mol. The van der Waals surface area contributed by atoms with E-state index in [2.05, 4.69) is 6.92 Å². The zero-order chi connectivity index (χ0) is 13.6. The van der Waals surface area contributed by atoms with Crippen molar-refractivity contribution in [3.63, 3.8) is 0 Å². The van der Waals surface area contributed by atoms with Crippen LogP contribution in [0.15, 0.2) is 5.21 Å². The highest BCUT2D eigenvalue weighted by Crippen LogP contribution is 2.17. The first-order valence-electron chi connectivity index (χ1n) is 5.76. The molecule has 0 spiro atoms. The summed E-state index contributed by atoms with van der Waals surface area (Å²) in [5.74, 6) is 0. The number of halogens is 1. The second kappa shape index (κ2) is 13.5. The molecule has 0 bridgehead atoms. The lowest BCUT2D eigenvalue weighted by atomic mass is 10.6. The van der Waals surface area contributed by atoms with E-state index < -0.39 is 8.80 Å². The molecule has 0 aliphatic rings. The molecule has 7 heteroatoms. The highest BCUT2D eigenvalue weighted by molar-refractivity contribution is 6.60. The number of carbonyl (C=O) groups excluding carboxylic acids is 1. The number of nitrogens with zero attached hydrogens (tertiary/aromatic N) is 1. The molecule has 0 aromatic rings. The Bertz CT molecular complexity index is 183. The van der Waals surface area contributed by atoms with Crippen molar-refractivity contribution < 1.29 is 22.6 Å². The van der Waals surface area contributed by atoms with Crippen LogP contribution in [-0.4, -0.2) is 34.7 Å². The van der Waals surface area contributed by atoms with Gasteiger partial charge in [-0.1, -0.05) is 17.8 Å². The Morgan fingerprint density at radius 2 is 1.41 bits per heavy atom. The summed E-state index contributed by atoms with van der Waals surface area (Å²) < 4.78 is 26.9. The Labute approximate surface area is 103 Å². The predicted octanol–water partition coefficient (Wildman–Crippen LogP) is 2.65. The van der Waals surface area contributed by atoms with Crippen molar-refractivity contribution in [2.45, 2.75) is 40.2 Å². The van der Waals surface area contributed by atoms with Crippen molar-refractivity contribution in [3.8, 4) is 0 Å². The zero-order valence-corrected chi connectivity index (χ0v) is 12.0. The second-order valence-corrected chi connectivity index (χ2v) is 5.64. The maximum atomic E-state index is 9.92. The molecule has 0 aliphatic heterocycles. The Morgan fingerprint density at radius 1 is 1.06 bits per heavy atom. The fraction of sp³-hybridized carbons (Fsp3) is 0.900. The zero-order valence-electron chi connectivity index (χ0n) is 11.0. The monoisotopic (exact) mass is 267 g/mol. The molecule has 0 saturated heterocycles. The van der Waals surface area contributed by atoms with E-state index in [4.69, 9.17) is 18.1 Å². The molecule has 0 rings (SSSR count). The molecule has 0 unspecified atom stereocenters. The minimum atomic E-state index is -2.30. The van der Waals surface area contributed by atoms with Gasteiger partial charge in [0.25, 0.3) is 6.08 Å². The van der Waals surface area contributed by atoms with Crippen molar-refractivity contribution in [2.75, 3.05) is 19.8 Å². The Morgan fingerprint density at radius 3 is 1.59 bits per heavy atom. The molecule has 0 atom stereocenters. The van der Waals surface area contributed by atoms with Gasteiger partial charge in [-0.15, -0.1) is 0 Å². The maximum Gasteiger partial charge on any atom is 0.500 e. The summed E-state index contributed by atoms with van der Waals surface area (Å²) >= 11 is 0. The summed E-state index contributed by atoms with van der Waals surface area (Å²) in [5, 5.41) is 1.43. The lowest BCUT2D eigenvalue weighted by Gasteiger charge is -2.27. The highest BCUT2D eigenvalue weighted by Gasteiger charge is 2.38. The third kappa shape index (κ3) is 10.3. The molecule has 5 nitrogen and oxygen atoms in total. The molecule has 0 fully saturated rings. The Kier molecular flexibility index (Phi) is 14.9. The highest BCUT2D eigenvalue weighted by atomic mass is 28.4. The molecule has 0 radical (unpaired) electrons. The number of hydrogen-bond acceptors (Lipinski definition) is 5. The SMILES string of the molecule is CCC[Si](OCC)(OCC)OCC.O=C=NF. The van der Waals surface area contributed by atoms with Crippen LogP contribution >= 0.6 is 0 Å². The van der Waals surface area contributed by atoms with Gasteiger partial charge in [0.15, 0.2) is 0 Å². The van der Waals surface area contributed by atoms with Crippen molar-refractivity contribution >= 4 is 14.9 Å². The molecule has 0 aliphatic carbocycles. The molecule has 0 saturated carbocycles. The van der Waals surface area contributed by atoms with Crippen LogP contribution in [0.4, 0.5) is 4.48 Å². The predicted molar refractivity (Wildman–Crippen MR) is 65.0 cm³/mol. The first-order valence-corrected chi connectivity index (χ1v) is 7.69. The van der Waals surface area contributed by atoms with E-state index in [1.807, 2.05) is 20.8 Å². The van der Waals surface area contributed by atoms with Gasteiger partial charge in [0.2, 0.25) is 0 Å². The van der Waals surface area contributed by atoms with E-state index in [0.717, 1.165) is 12.5 Å². The number of isocyanates is 1. The van der Waals surface area contributed by atoms with Crippen LogP contribution in [0.1, 0.15) is 34.1 Å². The van der Waals surface area contributed by atoms with Crippen LogP contribution in [-0.2, 0) is 18.1 Å². The van der Waals surface area contributed by atoms with Crippen molar-refractivity contribution in [2.24, 2.45) is 5.21 Å². The number of hydrogen-bond donors (Lipinski definition) is 0. The molecular formula is C10H22FNO4Si. The summed E-state index contributed by atoms with van der Waals surface area (Å²) in [6.07, 6.45) is 1.69. The molecular weight excluding hydrogens is 245 g/mol. The van der Waals surface area contributed by atoms with E-state index in [9.17, 15) is 4.48 Å². The average Bonchev–Trinajstić information content (AvgIpc) is 2.31. The van der Waals surface area contributed by atoms with Gasteiger partial charge >= 0.3 is 8.80 Å². The number of rotatable bonds is 8. The van der Waals surface area contributed by atoms with Crippen LogP contribution in [0.2, 0.25) is 6.04 Å². The van der Waals surface area contributed by atoms with Gasteiger partial charge in [-0.05, 0) is 20.8 Å². The normalized spacial score (nSPS) is 10.2. The third-order valence-corrected chi connectivity index (χ3v) is 4.98.